The normalized spacial score (nSPS) is 18.1. The van der Waals surface area contributed by atoms with Gasteiger partial charge in [-0.25, -0.2) is 0 Å². The summed E-state index contributed by atoms with van der Waals surface area (Å²) < 4.78 is 0.962. The second kappa shape index (κ2) is 4.38. The second-order valence-electron chi connectivity index (χ2n) is 3.58. The Morgan fingerprint density at radius 2 is 2.36 bits per heavy atom. The number of aliphatic hydroxyl groups excluding tert-OH is 1. The first kappa shape index (κ1) is 10.1. The fourth-order valence-electron chi connectivity index (χ4n) is 1.36. The van der Waals surface area contributed by atoms with E-state index < -0.39 is 0 Å². The summed E-state index contributed by atoms with van der Waals surface area (Å²) in [7, 11) is 0. The maximum absolute atomic E-state index is 9.21. The van der Waals surface area contributed by atoms with E-state index in [1.807, 2.05) is 12.1 Å². The fraction of sp³-hybridized carbons (Fsp3) is 0.500. The van der Waals surface area contributed by atoms with Crippen molar-refractivity contribution in [2.45, 2.75) is 24.9 Å². The van der Waals surface area contributed by atoms with Crippen molar-refractivity contribution in [1.29, 1.82) is 0 Å². The maximum Gasteiger partial charge on any atom is 0.0732 e. The lowest BCUT2D eigenvalue weighted by atomic mass is 10.2. The molecule has 0 bridgehead atoms. The highest BCUT2D eigenvalue weighted by atomic mass is 79.9. The SMILES string of the molecule is OCC(NC1CC1)c1ccc(Br)cn1. The molecule has 1 heterocycles. The van der Waals surface area contributed by atoms with Crippen LogP contribution in [-0.2, 0) is 0 Å². The molecular formula is C10H13BrN2O. The standard InChI is InChI=1S/C10H13BrN2O/c11-7-1-4-9(12-5-7)10(6-14)13-8-2-3-8/h1,4-5,8,10,13-14H,2-3,6H2. The van der Waals surface area contributed by atoms with Crippen LogP contribution < -0.4 is 5.32 Å². The molecule has 0 aromatic carbocycles. The fourth-order valence-corrected chi connectivity index (χ4v) is 1.59. The van der Waals surface area contributed by atoms with E-state index >= 15 is 0 Å². The lowest BCUT2D eigenvalue weighted by molar-refractivity contribution is 0.241. The predicted molar refractivity (Wildman–Crippen MR) is 57.9 cm³/mol. The van der Waals surface area contributed by atoms with Gasteiger partial charge in [-0.1, -0.05) is 0 Å². The quantitative estimate of drug-likeness (QED) is 0.861. The van der Waals surface area contributed by atoms with Gasteiger partial charge in [-0.15, -0.1) is 0 Å². The van der Waals surface area contributed by atoms with Gasteiger partial charge in [-0.2, -0.15) is 0 Å². The van der Waals surface area contributed by atoms with Crippen LogP contribution >= 0.6 is 15.9 Å². The van der Waals surface area contributed by atoms with Gasteiger partial charge in [-0.3, -0.25) is 4.98 Å². The Labute approximate surface area is 91.7 Å². The van der Waals surface area contributed by atoms with Gasteiger partial charge in [-0.05, 0) is 40.9 Å². The Hall–Kier alpha value is -0.450. The minimum absolute atomic E-state index is 0.0180. The molecule has 1 unspecified atom stereocenters. The Morgan fingerprint density at radius 3 is 2.86 bits per heavy atom. The molecule has 1 atom stereocenters. The number of hydrogen-bond donors (Lipinski definition) is 2. The topological polar surface area (TPSA) is 45.1 Å². The highest BCUT2D eigenvalue weighted by Gasteiger charge is 2.25. The summed E-state index contributed by atoms with van der Waals surface area (Å²) in [5, 5.41) is 12.6. The van der Waals surface area contributed by atoms with Crippen molar-refractivity contribution in [3.8, 4) is 0 Å². The van der Waals surface area contributed by atoms with Gasteiger partial charge >= 0.3 is 0 Å². The highest BCUT2D eigenvalue weighted by Crippen LogP contribution is 2.23. The van der Waals surface area contributed by atoms with Crippen LogP contribution in [0.3, 0.4) is 0 Å². The molecule has 1 aromatic heterocycles. The molecule has 1 saturated carbocycles. The zero-order valence-corrected chi connectivity index (χ0v) is 9.37. The van der Waals surface area contributed by atoms with Crippen LogP contribution in [0.4, 0.5) is 0 Å². The van der Waals surface area contributed by atoms with Crippen molar-refractivity contribution >= 4 is 15.9 Å². The number of hydrogen-bond acceptors (Lipinski definition) is 3. The Morgan fingerprint density at radius 1 is 1.57 bits per heavy atom. The van der Waals surface area contributed by atoms with E-state index in [1.54, 1.807) is 6.20 Å². The van der Waals surface area contributed by atoms with Crippen molar-refractivity contribution in [2.75, 3.05) is 6.61 Å². The number of nitrogens with zero attached hydrogens (tertiary/aromatic N) is 1. The highest BCUT2D eigenvalue weighted by molar-refractivity contribution is 9.10. The van der Waals surface area contributed by atoms with E-state index in [9.17, 15) is 5.11 Å². The van der Waals surface area contributed by atoms with Gasteiger partial charge in [0, 0.05) is 16.7 Å². The van der Waals surface area contributed by atoms with Crippen molar-refractivity contribution in [3.63, 3.8) is 0 Å². The van der Waals surface area contributed by atoms with Crippen LogP contribution in [0.5, 0.6) is 0 Å². The average molecular weight is 257 g/mol. The smallest absolute Gasteiger partial charge is 0.0732 e. The van der Waals surface area contributed by atoms with Gasteiger partial charge in [0.25, 0.3) is 0 Å². The molecule has 4 heteroatoms. The van der Waals surface area contributed by atoms with E-state index in [1.165, 1.54) is 12.8 Å². The summed E-state index contributed by atoms with van der Waals surface area (Å²) in [4.78, 5) is 4.26. The van der Waals surface area contributed by atoms with Crippen LogP contribution in [0.15, 0.2) is 22.8 Å². The molecule has 1 aromatic rings. The molecule has 0 saturated heterocycles. The van der Waals surface area contributed by atoms with Gasteiger partial charge in [0.15, 0.2) is 0 Å². The first-order chi connectivity index (χ1) is 6.79. The molecule has 3 nitrogen and oxygen atoms in total. The van der Waals surface area contributed by atoms with Crippen LogP contribution in [-0.4, -0.2) is 22.7 Å². The van der Waals surface area contributed by atoms with E-state index in [-0.39, 0.29) is 12.6 Å². The summed E-state index contributed by atoms with van der Waals surface area (Å²) in [6.07, 6.45) is 4.19. The second-order valence-corrected chi connectivity index (χ2v) is 4.49. The summed E-state index contributed by atoms with van der Waals surface area (Å²) in [6, 6.07) is 4.44. The van der Waals surface area contributed by atoms with Crippen molar-refractivity contribution in [1.82, 2.24) is 10.3 Å². The van der Waals surface area contributed by atoms with Crippen molar-refractivity contribution in [2.24, 2.45) is 0 Å². The third-order valence-corrected chi connectivity index (χ3v) is 2.77. The van der Waals surface area contributed by atoms with Crippen molar-refractivity contribution < 1.29 is 5.11 Å². The minimum atomic E-state index is -0.0180. The molecule has 2 N–H and O–H groups in total. The van der Waals surface area contributed by atoms with Crippen LogP contribution in [0.1, 0.15) is 24.6 Å². The van der Waals surface area contributed by atoms with Gasteiger partial charge in [0.2, 0.25) is 0 Å². The van der Waals surface area contributed by atoms with E-state index in [2.05, 4.69) is 26.2 Å². The molecular weight excluding hydrogens is 244 g/mol. The van der Waals surface area contributed by atoms with Gasteiger partial charge in [0.1, 0.15) is 0 Å². The number of aromatic nitrogens is 1. The third kappa shape index (κ3) is 2.53. The average Bonchev–Trinajstić information content (AvgIpc) is 3.00. The molecule has 0 aliphatic heterocycles. The number of nitrogens with one attached hydrogen (secondary N) is 1. The zero-order valence-electron chi connectivity index (χ0n) is 7.78. The molecule has 2 rings (SSSR count). The number of pyridine rings is 1. The maximum atomic E-state index is 9.21. The molecule has 1 fully saturated rings. The molecule has 1 aliphatic rings. The van der Waals surface area contributed by atoms with Gasteiger partial charge < -0.3 is 10.4 Å². The summed E-state index contributed by atoms with van der Waals surface area (Å²) in [5.41, 5.74) is 0.905. The zero-order chi connectivity index (χ0) is 9.97. The van der Waals surface area contributed by atoms with E-state index in [0.717, 1.165) is 10.2 Å². The Bertz CT molecular complexity index is 297. The number of aliphatic hydroxyl groups is 1. The lowest BCUT2D eigenvalue weighted by Crippen LogP contribution is -2.27. The van der Waals surface area contributed by atoms with E-state index in [4.69, 9.17) is 0 Å². The minimum Gasteiger partial charge on any atom is -0.394 e. The summed E-state index contributed by atoms with van der Waals surface area (Å²) in [6.45, 7) is 0.102. The molecule has 0 spiro atoms. The van der Waals surface area contributed by atoms with Gasteiger partial charge in [0.05, 0.1) is 18.3 Å². The summed E-state index contributed by atoms with van der Waals surface area (Å²) >= 11 is 3.33. The first-order valence-electron chi connectivity index (χ1n) is 4.78. The molecule has 0 radical (unpaired) electrons. The molecule has 0 amide bonds. The van der Waals surface area contributed by atoms with Crippen molar-refractivity contribution in [3.05, 3.63) is 28.5 Å². The summed E-state index contributed by atoms with van der Waals surface area (Å²) in [5.74, 6) is 0. The third-order valence-electron chi connectivity index (χ3n) is 2.30. The van der Waals surface area contributed by atoms with Crippen LogP contribution in [0, 0.1) is 0 Å². The van der Waals surface area contributed by atoms with E-state index in [0.29, 0.717) is 6.04 Å². The van der Waals surface area contributed by atoms with Crippen LogP contribution in [0.25, 0.3) is 0 Å². The van der Waals surface area contributed by atoms with Crippen LogP contribution in [0.2, 0.25) is 0 Å². The Kier molecular flexibility index (Phi) is 3.15. The monoisotopic (exact) mass is 256 g/mol. The molecule has 1 aliphatic carbocycles. The lowest BCUT2D eigenvalue weighted by Gasteiger charge is -2.14. The molecule has 76 valence electrons. The first-order valence-corrected chi connectivity index (χ1v) is 5.57. The number of halogens is 1. The Balaban J connectivity index is 2.05. The molecule has 14 heavy (non-hydrogen) atoms. The predicted octanol–water partition coefficient (Wildman–Crippen LogP) is 1.63. The number of rotatable bonds is 4. The largest absolute Gasteiger partial charge is 0.394 e.